The van der Waals surface area contributed by atoms with E-state index in [1.165, 1.54) is 53.2 Å². The number of hydrogen-bond donors (Lipinski definition) is 2. The van der Waals surface area contributed by atoms with Gasteiger partial charge in [0.25, 0.3) is 0 Å². The van der Waals surface area contributed by atoms with Gasteiger partial charge in [-0.2, -0.15) is 0 Å². The van der Waals surface area contributed by atoms with Gasteiger partial charge in [0, 0.05) is 17.6 Å². The van der Waals surface area contributed by atoms with Crippen molar-refractivity contribution in [2.24, 2.45) is 18.1 Å². The number of benzene rings is 1. The molecule has 0 aliphatic heterocycles. The Morgan fingerprint density at radius 2 is 2.16 bits per heavy atom. The summed E-state index contributed by atoms with van der Waals surface area (Å²) in [5.74, 6) is 1.41. The number of primary sulfonamides is 1. The van der Waals surface area contributed by atoms with Crippen molar-refractivity contribution in [3.8, 4) is 10.7 Å². The number of thioether (sulfide) groups is 1. The lowest BCUT2D eigenvalue weighted by atomic mass is 9.87. The molecule has 0 bridgehead atoms. The lowest BCUT2D eigenvalue weighted by molar-refractivity contribution is -0.113. The van der Waals surface area contributed by atoms with Crippen LogP contribution in [0, 0.1) is 5.92 Å². The molecule has 1 aliphatic rings. The molecule has 170 valence electrons. The number of carbonyl (C=O) groups is 1. The highest BCUT2D eigenvalue weighted by Crippen LogP contribution is 2.38. The highest BCUT2D eigenvalue weighted by atomic mass is 32.2. The Balaban J connectivity index is 1.41. The molecule has 3 N–H and O–H groups in total. The maximum Gasteiger partial charge on any atom is 0.238 e. The number of amides is 1. The van der Waals surface area contributed by atoms with Gasteiger partial charge in [-0.1, -0.05) is 31.2 Å². The summed E-state index contributed by atoms with van der Waals surface area (Å²) >= 11 is 3.06. The van der Waals surface area contributed by atoms with E-state index >= 15 is 0 Å². The first kappa shape index (κ1) is 23.0. The summed E-state index contributed by atoms with van der Waals surface area (Å²) in [6, 6.07) is 8.09. The number of nitrogens with zero attached hydrogens (tertiary/aromatic N) is 3. The lowest BCUT2D eigenvalue weighted by Crippen LogP contribution is -2.16. The molecule has 1 atom stereocenters. The Bertz CT molecular complexity index is 1250. The standard InChI is InChI=1S/C21H25N5O3S3/c1-3-13-7-8-17-14(9-13)10-18(31-17)20-24-25-21(26(20)2)30-12-19(27)23-15-5-4-6-16(11-15)32(22,28)29/h4-6,10-11,13H,3,7-9,12H2,1-2H3,(H,23,27)(H2,22,28,29)/t13-/m1/s1. The molecule has 1 aromatic carbocycles. The van der Waals surface area contributed by atoms with Gasteiger partial charge in [0.05, 0.1) is 15.5 Å². The van der Waals surface area contributed by atoms with Crippen molar-refractivity contribution in [1.82, 2.24) is 14.8 Å². The van der Waals surface area contributed by atoms with Crippen molar-refractivity contribution in [2.75, 3.05) is 11.1 Å². The zero-order valence-corrected chi connectivity index (χ0v) is 20.3. The highest BCUT2D eigenvalue weighted by molar-refractivity contribution is 7.99. The number of anilines is 1. The third-order valence-electron chi connectivity index (χ3n) is 5.60. The number of fused-ring (bicyclic) bond motifs is 1. The molecule has 0 saturated heterocycles. The quantitative estimate of drug-likeness (QED) is 0.489. The Kier molecular flexibility index (Phi) is 6.70. The van der Waals surface area contributed by atoms with Crippen LogP contribution in [0.25, 0.3) is 10.7 Å². The SMILES string of the molecule is CC[C@@H]1CCc2sc(-c3nnc(SCC(=O)Nc4cccc(S(N)(=O)=O)c4)n3C)cc2C1. The first-order valence-corrected chi connectivity index (χ1v) is 13.7. The van der Waals surface area contributed by atoms with E-state index in [-0.39, 0.29) is 16.6 Å². The smallest absolute Gasteiger partial charge is 0.238 e. The van der Waals surface area contributed by atoms with E-state index in [2.05, 4.69) is 28.5 Å². The van der Waals surface area contributed by atoms with Crippen LogP contribution in [0.4, 0.5) is 5.69 Å². The second-order valence-electron chi connectivity index (χ2n) is 7.85. The lowest BCUT2D eigenvalue weighted by Gasteiger charge is -2.19. The van der Waals surface area contributed by atoms with Crippen LogP contribution in [-0.4, -0.2) is 34.8 Å². The maximum atomic E-state index is 12.4. The topological polar surface area (TPSA) is 120 Å². The second-order valence-corrected chi connectivity index (χ2v) is 11.5. The van der Waals surface area contributed by atoms with Crippen LogP contribution >= 0.6 is 23.1 Å². The molecule has 8 nitrogen and oxygen atoms in total. The molecular weight excluding hydrogens is 466 g/mol. The normalized spacial score (nSPS) is 16.0. The largest absolute Gasteiger partial charge is 0.325 e. The predicted octanol–water partition coefficient (Wildman–Crippen LogP) is 3.44. The summed E-state index contributed by atoms with van der Waals surface area (Å²) in [5, 5.41) is 17.1. The molecule has 0 saturated carbocycles. The van der Waals surface area contributed by atoms with Gasteiger partial charge in [-0.15, -0.1) is 21.5 Å². The van der Waals surface area contributed by atoms with Gasteiger partial charge in [-0.05, 0) is 55.0 Å². The molecule has 32 heavy (non-hydrogen) atoms. The van der Waals surface area contributed by atoms with E-state index in [4.69, 9.17) is 5.14 Å². The van der Waals surface area contributed by atoms with Crippen LogP contribution in [0.5, 0.6) is 0 Å². The molecule has 2 heterocycles. The molecule has 1 amide bonds. The van der Waals surface area contributed by atoms with Crippen LogP contribution in [-0.2, 0) is 34.7 Å². The van der Waals surface area contributed by atoms with Crippen LogP contribution in [0.2, 0.25) is 0 Å². The van der Waals surface area contributed by atoms with Crippen LogP contribution < -0.4 is 10.5 Å². The number of rotatable bonds is 7. The fourth-order valence-corrected chi connectivity index (χ4v) is 6.29. The molecule has 2 aromatic heterocycles. The van der Waals surface area contributed by atoms with Gasteiger partial charge in [0.15, 0.2) is 11.0 Å². The third kappa shape index (κ3) is 5.06. The van der Waals surface area contributed by atoms with E-state index in [1.54, 1.807) is 17.4 Å². The van der Waals surface area contributed by atoms with Gasteiger partial charge in [-0.3, -0.25) is 4.79 Å². The number of carbonyl (C=O) groups excluding carboxylic acids is 1. The van der Waals surface area contributed by atoms with Gasteiger partial charge in [0.2, 0.25) is 15.9 Å². The number of aromatic nitrogens is 3. The predicted molar refractivity (Wildman–Crippen MR) is 127 cm³/mol. The highest BCUT2D eigenvalue weighted by Gasteiger charge is 2.22. The van der Waals surface area contributed by atoms with Gasteiger partial charge < -0.3 is 9.88 Å². The van der Waals surface area contributed by atoms with E-state index in [0.29, 0.717) is 10.8 Å². The van der Waals surface area contributed by atoms with E-state index < -0.39 is 10.0 Å². The summed E-state index contributed by atoms with van der Waals surface area (Å²) in [6.45, 7) is 2.25. The molecule has 0 radical (unpaired) electrons. The average Bonchev–Trinajstić information content (AvgIpc) is 3.34. The van der Waals surface area contributed by atoms with E-state index in [9.17, 15) is 13.2 Å². The fourth-order valence-electron chi connectivity index (χ4n) is 3.79. The summed E-state index contributed by atoms with van der Waals surface area (Å²) in [7, 11) is -1.93. The van der Waals surface area contributed by atoms with Crippen LogP contribution in [0.15, 0.2) is 40.4 Å². The van der Waals surface area contributed by atoms with Crippen molar-refractivity contribution >= 4 is 44.7 Å². The van der Waals surface area contributed by atoms with Crippen molar-refractivity contribution in [1.29, 1.82) is 0 Å². The first-order valence-electron chi connectivity index (χ1n) is 10.3. The summed E-state index contributed by atoms with van der Waals surface area (Å²) in [4.78, 5) is 14.9. The van der Waals surface area contributed by atoms with Crippen LogP contribution in [0.1, 0.15) is 30.2 Å². The molecule has 3 aromatic rings. The Labute approximate surface area is 195 Å². The van der Waals surface area contributed by atoms with Crippen molar-refractivity contribution < 1.29 is 13.2 Å². The third-order valence-corrected chi connectivity index (χ3v) is 8.76. The number of sulfonamides is 1. The summed E-state index contributed by atoms with van der Waals surface area (Å²) in [5.41, 5.74) is 1.80. The minimum Gasteiger partial charge on any atom is -0.325 e. The molecular formula is C21H25N5O3S3. The molecule has 11 heteroatoms. The Morgan fingerprint density at radius 3 is 2.91 bits per heavy atom. The van der Waals surface area contributed by atoms with Crippen molar-refractivity contribution in [2.45, 2.75) is 42.7 Å². The van der Waals surface area contributed by atoms with Gasteiger partial charge in [-0.25, -0.2) is 13.6 Å². The number of hydrogen-bond acceptors (Lipinski definition) is 7. The first-order chi connectivity index (χ1) is 15.2. The van der Waals surface area contributed by atoms with Gasteiger partial charge in [0.1, 0.15) is 0 Å². The van der Waals surface area contributed by atoms with Crippen LogP contribution in [0.3, 0.4) is 0 Å². The monoisotopic (exact) mass is 491 g/mol. The summed E-state index contributed by atoms with van der Waals surface area (Å²) in [6.07, 6.45) is 4.72. The van der Waals surface area contributed by atoms with Crippen molar-refractivity contribution in [3.63, 3.8) is 0 Å². The summed E-state index contributed by atoms with van der Waals surface area (Å²) < 4.78 is 24.9. The number of thiophene rings is 1. The van der Waals surface area contributed by atoms with E-state index in [0.717, 1.165) is 29.5 Å². The Hall–Kier alpha value is -2.21. The molecule has 0 fully saturated rings. The molecule has 1 aliphatic carbocycles. The molecule has 4 rings (SSSR count). The molecule has 0 spiro atoms. The average molecular weight is 492 g/mol. The fraction of sp³-hybridized carbons (Fsp3) is 0.381. The number of nitrogens with one attached hydrogen (secondary N) is 1. The second kappa shape index (κ2) is 9.34. The maximum absolute atomic E-state index is 12.4. The minimum atomic E-state index is -3.83. The minimum absolute atomic E-state index is 0.0511. The molecule has 0 unspecified atom stereocenters. The number of aryl methyl sites for hydroxylation is 1. The zero-order chi connectivity index (χ0) is 22.9. The Morgan fingerprint density at radius 1 is 1.34 bits per heavy atom. The number of nitrogens with two attached hydrogens (primary N) is 1. The zero-order valence-electron chi connectivity index (χ0n) is 17.9. The van der Waals surface area contributed by atoms with Gasteiger partial charge >= 0.3 is 0 Å². The van der Waals surface area contributed by atoms with E-state index in [1.807, 2.05) is 11.6 Å². The van der Waals surface area contributed by atoms with Crippen molar-refractivity contribution in [3.05, 3.63) is 40.8 Å².